The van der Waals surface area contributed by atoms with E-state index in [1.807, 2.05) is 0 Å². The lowest BCUT2D eigenvalue weighted by Crippen LogP contribution is -2.45. The lowest BCUT2D eigenvalue weighted by Gasteiger charge is -2.30. The van der Waals surface area contributed by atoms with Crippen molar-refractivity contribution in [1.82, 2.24) is 9.62 Å². The third-order valence-electron chi connectivity index (χ3n) is 3.95. The number of anilines is 1. The summed E-state index contributed by atoms with van der Waals surface area (Å²) in [5.41, 5.74) is 0.610. The molecule has 2 heterocycles. The predicted molar refractivity (Wildman–Crippen MR) is 77.0 cm³/mol. The molecule has 0 amide bonds. The maximum atomic E-state index is 12.6. The van der Waals surface area contributed by atoms with Gasteiger partial charge in [-0.15, -0.1) is 0 Å². The van der Waals surface area contributed by atoms with E-state index in [0.717, 1.165) is 25.9 Å². The Morgan fingerprint density at radius 3 is 2.40 bits per heavy atom. The van der Waals surface area contributed by atoms with Crippen LogP contribution in [0.5, 0.6) is 5.75 Å². The van der Waals surface area contributed by atoms with Crippen LogP contribution in [0, 0.1) is 0 Å². The van der Waals surface area contributed by atoms with Crippen LogP contribution in [-0.4, -0.2) is 50.1 Å². The van der Waals surface area contributed by atoms with Crippen molar-refractivity contribution in [2.75, 3.05) is 30.5 Å². The Bertz CT molecular complexity index is 567. The lowest BCUT2D eigenvalue weighted by molar-refractivity contribution is 0.280. The Kier molecular flexibility index (Phi) is 3.57. The molecule has 1 aromatic rings. The molecule has 0 unspecified atom stereocenters. The Balaban J connectivity index is 1.83. The van der Waals surface area contributed by atoms with Crippen molar-refractivity contribution in [2.24, 2.45) is 0 Å². The van der Waals surface area contributed by atoms with Crippen molar-refractivity contribution in [3.05, 3.63) is 24.3 Å². The number of nitrogens with one attached hydrogen (secondary N) is 1. The average molecular weight is 297 g/mol. The molecule has 110 valence electrons. The number of nitrogens with zero attached hydrogens (tertiary/aromatic N) is 2. The number of rotatable bonds is 2. The summed E-state index contributed by atoms with van der Waals surface area (Å²) >= 11 is 0. The highest BCUT2D eigenvalue weighted by atomic mass is 32.2. The summed E-state index contributed by atoms with van der Waals surface area (Å²) in [6.07, 6.45) is 1.73. The van der Waals surface area contributed by atoms with Crippen molar-refractivity contribution in [2.45, 2.75) is 18.9 Å². The van der Waals surface area contributed by atoms with Crippen LogP contribution in [0.15, 0.2) is 24.3 Å². The van der Waals surface area contributed by atoms with Crippen molar-refractivity contribution >= 4 is 15.9 Å². The molecule has 0 bridgehead atoms. The fraction of sp³-hybridized carbons (Fsp3) is 0.538. The van der Waals surface area contributed by atoms with Gasteiger partial charge in [0.05, 0.1) is 5.69 Å². The van der Waals surface area contributed by atoms with Crippen LogP contribution < -0.4 is 9.62 Å². The van der Waals surface area contributed by atoms with E-state index >= 15 is 0 Å². The zero-order chi connectivity index (χ0) is 14.2. The zero-order valence-electron chi connectivity index (χ0n) is 11.2. The van der Waals surface area contributed by atoms with Gasteiger partial charge in [-0.05, 0) is 50.2 Å². The number of phenols is 1. The first-order valence-corrected chi connectivity index (χ1v) is 8.28. The molecule has 0 aromatic heterocycles. The minimum absolute atomic E-state index is 0.100. The second-order valence-electron chi connectivity index (χ2n) is 5.19. The van der Waals surface area contributed by atoms with Crippen molar-refractivity contribution in [1.29, 1.82) is 0 Å². The Labute approximate surface area is 119 Å². The van der Waals surface area contributed by atoms with E-state index in [2.05, 4.69) is 5.32 Å². The molecule has 20 heavy (non-hydrogen) atoms. The predicted octanol–water partition coefficient (Wildman–Crippen LogP) is 0.511. The highest BCUT2D eigenvalue weighted by Crippen LogP contribution is 2.29. The summed E-state index contributed by atoms with van der Waals surface area (Å²) in [5, 5.41) is 12.6. The summed E-state index contributed by atoms with van der Waals surface area (Å²) < 4.78 is 28.3. The average Bonchev–Trinajstić information content (AvgIpc) is 2.76. The third-order valence-corrected chi connectivity index (χ3v) is 5.98. The van der Waals surface area contributed by atoms with Crippen LogP contribution in [0.1, 0.15) is 12.8 Å². The maximum absolute atomic E-state index is 12.6. The molecule has 7 heteroatoms. The van der Waals surface area contributed by atoms with Gasteiger partial charge in [0.2, 0.25) is 0 Å². The zero-order valence-corrected chi connectivity index (χ0v) is 12.0. The normalized spacial score (nSPS) is 24.1. The minimum atomic E-state index is -3.44. The van der Waals surface area contributed by atoms with Crippen LogP contribution >= 0.6 is 0 Å². The van der Waals surface area contributed by atoms with Crippen molar-refractivity contribution < 1.29 is 13.5 Å². The number of aromatic hydroxyl groups is 1. The van der Waals surface area contributed by atoms with E-state index in [1.54, 1.807) is 16.4 Å². The van der Waals surface area contributed by atoms with Gasteiger partial charge in [-0.25, -0.2) is 0 Å². The van der Waals surface area contributed by atoms with Crippen molar-refractivity contribution in [3.8, 4) is 5.75 Å². The maximum Gasteiger partial charge on any atom is 0.304 e. The Hall–Kier alpha value is -1.31. The number of phenolic OH excluding ortho intramolecular Hbond substituents is 1. The first-order valence-electron chi connectivity index (χ1n) is 6.88. The van der Waals surface area contributed by atoms with Gasteiger partial charge >= 0.3 is 10.2 Å². The molecule has 0 spiro atoms. The van der Waals surface area contributed by atoms with E-state index in [9.17, 15) is 13.5 Å². The second kappa shape index (κ2) is 5.23. The molecule has 0 saturated carbocycles. The lowest BCUT2D eigenvalue weighted by atomic mass is 10.1. The van der Waals surface area contributed by atoms with Gasteiger partial charge in [-0.3, -0.25) is 4.31 Å². The summed E-state index contributed by atoms with van der Waals surface area (Å²) in [6, 6.07) is 6.40. The monoisotopic (exact) mass is 297 g/mol. The minimum Gasteiger partial charge on any atom is -0.508 e. The number of hydrogen-bond donors (Lipinski definition) is 2. The number of hydrogen-bond acceptors (Lipinski definition) is 4. The molecule has 2 aliphatic heterocycles. The van der Waals surface area contributed by atoms with E-state index < -0.39 is 10.2 Å². The van der Waals surface area contributed by atoms with E-state index in [0.29, 0.717) is 18.8 Å². The molecule has 3 rings (SSSR count). The number of benzene rings is 1. The molecule has 2 fully saturated rings. The molecule has 1 aromatic carbocycles. The van der Waals surface area contributed by atoms with Gasteiger partial charge in [-0.1, -0.05) is 0 Å². The molecular weight excluding hydrogens is 278 g/mol. The largest absolute Gasteiger partial charge is 0.508 e. The standard InChI is InChI=1S/C13H19N3O3S/c17-13-3-1-11(2-4-13)15-9-10-16(20(15,18)19)12-5-7-14-8-6-12/h1-4,12,14,17H,5-10H2. The molecule has 0 radical (unpaired) electrons. The SMILES string of the molecule is O=S1(=O)N(c2ccc(O)cc2)CCN1C1CCNCC1. The third kappa shape index (κ3) is 2.36. The summed E-state index contributed by atoms with van der Waals surface area (Å²) in [7, 11) is -3.44. The first kappa shape index (κ1) is 13.7. The van der Waals surface area contributed by atoms with Gasteiger partial charge in [0.1, 0.15) is 5.75 Å². The Morgan fingerprint density at radius 1 is 1.10 bits per heavy atom. The van der Waals surface area contributed by atoms with Crippen molar-refractivity contribution in [3.63, 3.8) is 0 Å². The summed E-state index contributed by atoms with van der Waals surface area (Å²) in [4.78, 5) is 0. The second-order valence-corrected chi connectivity index (χ2v) is 6.99. The van der Waals surface area contributed by atoms with Gasteiger partial charge < -0.3 is 10.4 Å². The number of piperidine rings is 1. The quantitative estimate of drug-likeness (QED) is 0.834. The molecule has 0 atom stereocenters. The fourth-order valence-electron chi connectivity index (χ4n) is 2.89. The van der Waals surface area contributed by atoms with Gasteiger partial charge in [0, 0.05) is 19.1 Å². The highest BCUT2D eigenvalue weighted by Gasteiger charge is 2.41. The Morgan fingerprint density at radius 2 is 1.75 bits per heavy atom. The van der Waals surface area contributed by atoms with Gasteiger partial charge in [0.15, 0.2) is 0 Å². The highest BCUT2D eigenvalue weighted by molar-refractivity contribution is 7.90. The molecule has 2 aliphatic rings. The molecular formula is C13H19N3O3S. The van der Waals surface area contributed by atoms with Crippen LogP contribution in [0.2, 0.25) is 0 Å². The van der Waals surface area contributed by atoms with Crippen LogP contribution in [-0.2, 0) is 10.2 Å². The van der Waals surface area contributed by atoms with Gasteiger partial charge in [-0.2, -0.15) is 12.7 Å². The van der Waals surface area contributed by atoms with E-state index in [4.69, 9.17) is 0 Å². The van der Waals surface area contributed by atoms with Crippen LogP contribution in [0.4, 0.5) is 5.69 Å². The summed E-state index contributed by atoms with van der Waals surface area (Å²) in [5.74, 6) is 0.139. The summed E-state index contributed by atoms with van der Waals surface area (Å²) in [6.45, 7) is 2.75. The fourth-order valence-corrected chi connectivity index (χ4v) is 4.75. The van der Waals surface area contributed by atoms with Gasteiger partial charge in [0.25, 0.3) is 0 Å². The molecule has 2 N–H and O–H groups in total. The van der Waals surface area contributed by atoms with Crippen LogP contribution in [0.3, 0.4) is 0 Å². The van der Waals surface area contributed by atoms with E-state index in [-0.39, 0.29) is 11.8 Å². The molecule has 0 aliphatic carbocycles. The first-order chi connectivity index (χ1) is 9.59. The molecule has 6 nitrogen and oxygen atoms in total. The smallest absolute Gasteiger partial charge is 0.304 e. The van der Waals surface area contributed by atoms with E-state index in [1.165, 1.54) is 16.4 Å². The topological polar surface area (TPSA) is 72.9 Å². The van der Waals surface area contributed by atoms with Crippen LogP contribution in [0.25, 0.3) is 0 Å². The molecule has 2 saturated heterocycles.